The van der Waals surface area contributed by atoms with Gasteiger partial charge in [0.1, 0.15) is 5.82 Å². The van der Waals surface area contributed by atoms with Gasteiger partial charge >= 0.3 is 0 Å². The van der Waals surface area contributed by atoms with Crippen molar-refractivity contribution in [2.75, 3.05) is 60.4 Å². The van der Waals surface area contributed by atoms with Crippen molar-refractivity contribution < 1.29 is 18.5 Å². The molecule has 0 aliphatic carbocycles. The van der Waals surface area contributed by atoms with E-state index in [0.717, 1.165) is 74.9 Å². The van der Waals surface area contributed by atoms with Crippen LogP contribution in [0.4, 0.5) is 4.39 Å². The summed E-state index contributed by atoms with van der Waals surface area (Å²) < 4.78 is 14.5. The Bertz CT molecular complexity index is 1250. The monoisotopic (exact) mass is 625 g/mol. The van der Waals surface area contributed by atoms with E-state index in [0.29, 0.717) is 22.2 Å². The quantitative estimate of drug-likeness (QED) is 0.335. The van der Waals surface area contributed by atoms with Crippen LogP contribution in [0.25, 0.3) is 0 Å². The number of likely N-dealkylation sites (N-methyl/N-ethyl adjacent to an activating group) is 2. The molecule has 0 saturated carbocycles. The minimum Gasteiger partial charge on any atom is -0.343 e. The number of halogens is 4. The smallest absolute Gasteiger partial charge is 0.283 e. The van der Waals surface area contributed by atoms with E-state index in [1.54, 1.807) is 22.9 Å². The third kappa shape index (κ3) is 6.86. The molecular formula is C31H41Cl3FN4O2+. The summed E-state index contributed by atoms with van der Waals surface area (Å²) in [5, 5.41) is 4.33. The van der Waals surface area contributed by atoms with Crippen LogP contribution >= 0.6 is 34.8 Å². The SMILES string of the molecule is CN(C)C(=O)C1([N+]2(CCC(CN(C)C(=O)c3ccc(F)c(Cl)c3)c3ccc(Cl)c(Cl)c3)CCCCC2)CCNCC1. The molecule has 2 aromatic rings. The van der Waals surface area contributed by atoms with Crippen LogP contribution in [0.3, 0.4) is 0 Å². The van der Waals surface area contributed by atoms with E-state index < -0.39 is 11.4 Å². The lowest BCUT2D eigenvalue weighted by molar-refractivity contribution is -0.972. The van der Waals surface area contributed by atoms with Gasteiger partial charge in [0.15, 0.2) is 5.54 Å². The predicted octanol–water partition coefficient (Wildman–Crippen LogP) is 6.24. The molecule has 1 N–H and O–H groups in total. The van der Waals surface area contributed by atoms with Gasteiger partial charge in [0.2, 0.25) is 0 Å². The number of rotatable bonds is 9. The van der Waals surface area contributed by atoms with Crippen LogP contribution in [0.2, 0.25) is 15.1 Å². The molecule has 0 aromatic heterocycles. The molecule has 0 spiro atoms. The van der Waals surface area contributed by atoms with Crippen LogP contribution in [-0.4, -0.2) is 92.0 Å². The van der Waals surface area contributed by atoms with Crippen LogP contribution in [-0.2, 0) is 4.79 Å². The molecule has 2 amide bonds. The van der Waals surface area contributed by atoms with E-state index in [9.17, 15) is 14.0 Å². The summed E-state index contributed by atoms with van der Waals surface area (Å²) in [6.45, 7) is 4.82. The molecule has 2 heterocycles. The third-order valence-corrected chi connectivity index (χ3v) is 10.2. The zero-order chi connectivity index (χ0) is 29.8. The normalized spacial score (nSPS) is 18.9. The number of benzene rings is 2. The standard InChI is InChI=1S/C31H41Cl3FN4O2/c1-37(2)30(41)31(12-14-36-15-13-31)39(16-5-4-6-17-39)18-11-24(22-7-9-25(32)26(33)19-22)21-38(3)29(40)23-8-10-28(35)27(34)20-23/h7-10,19-20,24,36H,4-6,11-18,21H2,1-3H3/q+1. The summed E-state index contributed by atoms with van der Waals surface area (Å²) in [5.74, 6) is -0.641. The Kier molecular flexibility index (Phi) is 10.6. The Labute approximate surface area is 258 Å². The second kappa shape index (κ2) is 13.6. The summed E-state index contributed by atoms with van der Waals surface area (Å²) in [5.41, 5.74) is 0.852. The molecule has 0 bridgehead atoms. The molecular weight excluding hydrogens is 586 g/mol. The summed E-state index contributed by atoms with van der Waals surface area (Å²) in [6.07, 6.45) is 5.75. The van der Waals surface area contributed by atoms with Crippen LogP contribution in [0.15, 0.2) is 36.4 Å². The van der Waals surface area contributed by atoms with E-state index in [2.05, 4.69) is 5.32 Å². The number of hydrogen-bond acceptors (Lipinski definition) is 3. The first-order valence-electron chi connectivity index (χ1n) is 14.4. The van der Waals surface area contributed by atoms with Gasteiger partial charge in [0.25, 0.3) is 11.8 Å². The second-order valence-corrected chi connectivity index (χ2v) is 13.1. The summed E-state index contributed by atoms with van der Waals surface area (Å²) in [7, 11) is 5.49. The van der Waals surface area contributed by atoms with Crippen LogP contribution in [0, 0.1) is 5.82 Å². The summed E-state index contributed by atoms with van der Waals surface area (Å²) >= 11 is 18.7. The highest BCUT2D eigenvalue weighted by molar-refractivity contribution is 6.42. The Hall–Kier alpha value is -1.90. The molecule has 2 saturated heterocycles. The number of hydrogen-bond donors (Lipinski definition) is 1. The molecule has 2 aliphatic heterocycles. The highest BCUT2D eigenvalue weighted by atomic mass is 35.5. The van der Waals surface area contributed by atoms with Crippen molar-refractivity contribution in [3.05, 3.63) is 68.4 Å². The van der Waals surface area contributed by atoms with E-state index in [4.69, 9.17) is 34.8 Å². The number of carbonyl (C=O) groups is 2. The molecule has 10 heteroatoms. The van der Waals surface area contributed by atoms with E-state index in [1.165, 1.54) is 24.6 Å². The van der Waals surface area contributed by atoms with Gasteiger partial charge in [0, 0.05) is 71.5 Å². The maximum absolute atomic E-state index is 14.0. The average Bonchev–Trinajstić information content (AvgIpc) is 2.98. The first-order chi connectivity index (χ1) is 19.5. The van der Waals surface area contributed by atoms with Crippen molar-refractivity contribution in [3.8, 4) is 0 Å². The Morgan fingerprint density at radius 2 is 1.63 bits per heavy atom. The molecule has 0 radical (unpaired) electrons. The lowest BCUT2D eigenvalue weighted by atomic mass is 9.79. The largest absolute Gasteiger partial charge is 0.343 e. The zero-order valence-electron chi connectivity index (χ0n) is 24.2. The fraction of sp³-hybridized carbons (Fsp3) is 0.548. The first kappa shape index (κ1) is 32.0. The molecule has 41 heavy (non-hydrogen) atoms. The number of piperidine rings is 2. The number of nitrogens with one attached hydrogen (secondary N) is 1. The van der Waals surface area contributed by atoms with Gasteiger partial charge < -0.3 is 19.6 Å². The number of amides is 2. The minimum atomic E-state index is -0.561. The van der Waals surface area contributed by atoms with Crippen molar-refractivity contribution >= 4 is 46.6 Å². The van der Waals surface area contributed by atoms with Crippen molar-refractivity contribution in [2.45, 2.75) is 50.0 Å². The maximum Gasteiger partial charge on any atom is 0.283 e. The second-order valence-electron chi connectivity index (χ2n) is 11.8. The third-order valence-electron chi connectivity index (χ3n) is 9.14. The van der Waals surface area contributed by atoms with Gasteiger partial charge in [-0.2, -0.15) is 0 Å². The fourth-order valence-corrected chi connectivity index (χ4v) is 7.41. The van der Waals surface area contributed by atoms with Crippen LogP contribution in [0.1, 0.15) is 60.4 Å². The van der Waals surface area contributed by atoms with Crippen LogP contribution in [0.5, 0.6) is 0 Å². The molecule has 6 nitrogen and oxygen atoms in total. The molecule has 224 valence electrons. The minimum absolute atomic E-state index is 0.0558. The van der Waals surface area contributed by atoms with Crippen LogP contribution < -0.4 is 5.32 Å². The van der Waals surface area contributed by atoms with E-state index in [-0.39, 0.29) is 22.8 Å². The zero-order valence-corrected chi connectivity index (χ0v) is 26.5. The Morgan fingerprint density at radius 3 is 2.24 bits per heavy atom. The van der Waals surface area contributed by atoms with Gasteiger partial charge in [-0.25, -0.2) is 4.39 Å². The van der Waals surface area contributed by atoms with E-state index in [1.807, 2.05) is 26.2 Å². The molecule has 2 aliphatic rings. The van der Waals surface area contributed by atoms with Gasteiger partial charge in [0.05, 0.1) is 34.7 Å². The number of quaternary nitrogens is 1. The van der Waals surface area contributed by atoms with Gasteiger partial charge in [-0.3, -0.25) is 9.59 Å². The van der Waals surface area contributed by atoms with Crippen molar-refractivity contribution in [1.29, 1.82) is 0 Å². The van der Waals surface area contributed by atoms with E-state index >= 15 is 0 Å². The number of carbonyl (C=O) groups excluding carboxylic acids is 2. The topological polar surface area (TPSA) is 52.7 Å². The first-order valence-corrected chi connectivity index (χ1v) is 15.6. The molecule has 2 aromatic carbocycles. The molecule has 1 unspecified atom stereocenters. The lowest BCUT2D eigenvalue weighted by Gasteiger charge is -2.56. The number of nitrogens with zero attached hydrogens (tertiary/aromatic N) is 3. The molecule has 1 atom stereocenters. The van der Waals surface area contributed by atoms with Gasteiger partial charge in [-0.1, -0.05) is 40.9 Å². The Morgan fingerprint density at radius 1 is 0.951 bits per heavy atom. The van der Waals surface area contributed by atoms with Crippen molar-refractivity contribution in [2.24, 2.45) is 0 Å². The molecule has 4 rings (SSSR count). The van der Waals surface area contributed by atoms with Crippen molar-refractivity contribution in [1.82, 2.24) is 15.1 Å². The highest BCUT2D eigenvalue weighted by Crippen LogP contribution is 2.40. The Balaban J connectivity index is 1.66. The number of likely N-dealkylation sites (tertiary alicyclic amines) is 1. The fourth-order valence-electron chi connectivity index (χ4n) is 6.93. The predicted molar refractivity (Wildman–Crippen MR) is 164 cm³/mol. The summed E-state index contributed by atoms with van der Waals surface area (Å²) in [4.78, 5) is 30.8. The highest BCUT2D eigenvalue weighted by Gasteiger charge is 2.57. The van der Waals surface area contributed by atoms with Gasteiger partial charge in [-0.05, 0) is 55.2 Å². The maximum atomic E-state index is 14.0. The average molecular weight is 627 g/mol. The molecule has 2 fully saturated rings. The lowest BCUT2D eigenvalue weighted by Crippen LogP contribution is -2.74. The van der Waals surface area contributed by atoms with Crippen molar-refractivity contribution in [3.63, 3.8) is 0 Å². The summed E-state index contributed by atoms with van der Waals surface area (Å²) in [6, 6.07) is 9.68. The van der Waals surface area contributed by atoms with Gasteiger partial charge in [-0.15, -0.1) is 0 Å².